The first-order chi connectivity index (χ1) is 19.4. The first-order valence-electron chi connectivity index (χ1n) is 13.2. The molecule has 0 fully saturated rings. The van der Waals surface area contributed by atoms with Crippen molar-refractivity contribution < 1.29 is 23.1 Å². The number of hydrogen-bond donors (Lipinski definition) is 4. The third-order valence-electron chi connectivity index (χ3n) is 6.56. The van der Waals surface area contributed by atoms with Crippen molar-refractivity contribution in [2.45, 2.75) is 51.6 Å². The van der Waals surface area contributed by atoms with Gasteiger partial charge in [-0.1, -0.05) is 48.0 Å². The van der Waals surface area contributed by atoms with Crippen LogP contribution < -0.4 is 25.6 Å². The summed E-state index contributed by atoms with van der Waals surface area (Å²) in [6, 6.07) is 19.9. The Morgan fingerprint density at radius 2 is 1.71 bits per heavy atom. The molecule has 0 saturated heterocycles. The monoisotopic (exact) mass is 576 g/mol. The maximum absolute atomic E-state index is 14.0. The first kappa shape index (κ1) is 29.8. The molecule has 0 bridgehead atoms. The van der Waals surface area contributed by atoms with Gasteiger partial charge in [-0.25, -0.2) is 4.79 Å². The normalized spacial score (nSPS) is 17.6. The van der Waals surface area contributed by atoms with Crippen molar-refractivity contribution in [3.63, 3.8) is 0 Å². The minimum absolute atomic E-state index is 0.179. The number of nitrogens with one attached hydrogen (secondary N) is 4. The van der Waals surface area contributed by atoms with E-state index in [1.807, 2.05) is 58.0 Å². The molecule has 0 aliphatic carbocycles. The lowest BCUT2D eigenvalue weighted by molar-refractivity contribution is -0.125. The van der Waals surface area contributed by atoms with Gasteiger partial charge < -0.3 is 30.1 Å². The summed E-state index contributed by atoms with van der Waals surface area (Å²) < 4.78 is 24.9. The van der Waals surface area contributed by atoms with Gasteiger partial charge in [-0.2, -0.15) is 0 Å². The summed E-state index contributed by atoms with van der Waals surface area (Å²) >= 11 is -2.51. The van der Waals surface area contributed by atoms with Crippen LogP contribution in [-0.2, 0) is 20.9 Å². The molecule has 41 heavy (non-hydrogen) atoms. The van der Waals surface area contributed by atoms with Crippen LogP contribution in [-0.4, -0.2) is 44.7 Å². The molecular weight excluding hydrogens is 542 g/mol. The van der Waals surface area contributed by atoms with E-state index in [-0.39, 0.29) is 18.9 Å². The number of carbonyl (C=O) groups is 3. The molecule has 0 saturated carbocycles. The number of benzene rings is 3. The highest BCUT2D eigenvalue weighted by molar-refractivity contribution is 7.80. The fourth-order valence-electron chi connectivity index (χ4n) is 4.88. The second-order valence-electron chi connectivity index (χ2n) is 11.0. The van der Waals surface area contributed by atoms with Gasteiger partial charge in [-0.05, 0) is 75.6 Å². The van der Waals surface area contributed by atoms with Crippen molar-refractivity contribution >= 4 is 46.2 Å². The number of fused-ring (bicyclic) bond motifs is 1. The molecule has 4 rings (SSSR count). The lowest BCUT2D eigenvalue weighted by atomic mass is 9.86. The van der Waals surface area contributed by atoms with Gasteiger partial charge >= 0.3 is 6.03 Å². The van der Waals surface area contributed by atoms with Crippen molar-refractivity contribution in [1.82, 2.24) is 10.6 Å². The Balaban J connectivity index is 1.72. The van der Waals surface area contributed by atoms with Crippen LogP contribution in [0, 0.1) is 6.92 Å². The first-order valence-corrected chi connectivity index (χ1v) is 14.3. The largest absolute Gasteiger partial charge is 0.755 e. The molecule has 0 aromatic heterocycles. The molecule has 0 radical (unpaired) electrons. The topological polar surface area (TPSA) is 143 Å². The Hall–Kier alpha value is -4.22. The van der Waals surface area contributed by atoms with E-state index >= 15 is 0 Å². The number of hydrogen-bond acceptors (Lipinski definition) is 5. The lowest BCUT2D eigenvalue weighted by Gasteiger charge is -2.28. The third kappa shape index (κ3) is 7.92. The molecule has 216 valence electrons. The Morgan fingerprint density at radius 3 is 2.39 bits per heavy atom. The molecule has 11 heteroatoms. The fraction of sp³-hybridized carbons (Fsp3) is 0.300. The second kappa shape index (κ2) is 12.5. The number of para-hydroxylation sites is 1. The SMILES string of the molecule is Cc1ccc(NC(=O)NC2CC(c3cccc(NS(=O)[O-])c3)c3ccccc3N(CC(=O)NC(C)(C)C)C2=O)cc1. The van der Waals surface area contributed by atoms with Crippen LogP contribution >= 0.6 is 0 Å². The zero-order chi connectivity index (χ0) is 29.7. The van der Waals surface area contributed by atoms with Crippen molar-refractivity contribution in [2.24, 2.45) is 0 Å². The number of urea groups is 1. The Kier molecular flexibility index (Phi) is 9.09. The minimum Gasteiger partial charge on any atom is -0.755 e. The van der Waals surface area contributed by atoms with Crippen LogP contribution in [0.15, 0.2) is 72.8 Å². The van der Waals surface area contributed by atoms with Crippen LogP contribution in [0.3, 0.4) is 0 Å². The van der Waals surface area contributed by atoms with Crippen LogP contribution in [0.1, 0.15) is 49.8 Å². The van der Waals surface area contributed by atoms with Gasteiger partial charge in [0.05, 0.1) is 0 Å². The number of amides is 4. The van der Waals surface area contributed by atoms with E-state index in [2.05, 4.69) is 20.7 Å². The Labute approximate surface area is 242 Å². The highest BCUT2D eigenvalue weighted by Crippen LogP contribution is 2.39. The van der Waals surface area contributed by atoms with Gasteiger partial charge in [0.1, 0.15) is 12.6 Å². The number of nitrogens with zero attached hydrogens (tertiary/aromatic N) is 1. The summed E-state index contributed by atoms with van der Waals surface area (Å²) in [7, 11) is 0. The molecule has 1 aliphatic heterocycles. The Morgan fingerprint density at radius 1 is 1.00 bits per heavy atom. The van der Waals surface area contributed by atoms with Gasteiger partial charge in [0, 0.05) is 39.8 Å². The van der Waals surface area contributed by atoms with E-state index in [9.17, 15) is 23.1 Å². The fourth-order valence-corrected chi connectivity index (χ4v) is 5.20. The van der Waals surface area contributed by atoms with Crippen molar-refractivity contribution in [1.29, 1.82) is 0 Å². The quantitative estimate of drug-likeness (QED) is 0.312. The molecule has 0 spiro atoms. The number of aryl methyl sites for hydroxylation is 1. The molecule has 10 nitrogen and oxygen atoms in total. The van der Waals surface area contributed by atoms with E-state index in [0.717, 1.165) is 16.7 Å². The minimum atomic E-state index is -2.51. The average molecular weight is 577 g/mol. The summed E-state index contributed by atoms with van der Waals surface area (Å²) in [4.78, 5) is 41.5. The summed E-state index contributed by atoms with van der Waals surface area (Å²) in [5.74, 6) is -1.18. The molecule has 1 aliphatic rings. The summed E-state index contributed by atoms with van der Waals surface area (Å²) in [5, 5.41) is 8.49. The van der Waals surface area contributed by atoms with Gasteiger partial charge in [-0.15, -0.1) is 0 Å². The maximum atomic E-state index is 14.0. The van der Waals surface area contributed by atoms with Gasteiger partial charge in [-0.3, -0.25) is 13.8 Å². The second-order valence-corrected chi connectivity index (χ2v) is 11.7. The van der Waals surface area contributed by atoms with Crippen molar-refractivity contribution in [2.75, 3.05) is 21.5 Å². The van der Waals surface area contributed by atoms with Crippen LogP contribution in [0.25, 0.3) is 0 Å². The zero-order valence-corrected chi connectivity index (χ0v) is 24.2. The van der Waals surface area contributed by atoms with E-state index in [4.69, 9.17) is 0 Å². The van der Waals surface area contributed by atoms with Gasteiger partial charge in [0.2, 0.25) is 11.8 Å². The molecule has 3 aromatic carbocycles. The van der Waals surface area contributed by atoms with Gasteiger partial charge in [0.15, 0.2) is 0 Å². The molecule has 3 atom stereocenters. The summed E-state index contributed by atoms with van der Waals surface area (Å²) in [5.41, 5.74) is 3.53. The maximum Gasteiger partial charge on any atom is 0.319 e. The standard InChI is InChI=1S/C30H35N5O5S/c1-19-12-14-21(15-13-19)31-29(38)32-25-17-24(20-8-7-9-22(16-20)34-41(39)40)23-10-5-6-11-26(23)35(28(25)37)18-27(36)33-30(2,3)4/h5-16,24-25,34H,17-18H2,1-4H3,(H,33,36)(H,39,40)(H2,31,32,38)/p-1. The molecule has 4 N–H and O–H groups in total. The summed E-state index contributed by atoms with van der Waals surface area (Å²) in [6.07, 6.45) is 0.179. The number of rotatable bonds is 7. The lowest BCUT2D eigenvalue weighted by Crippen LogP contribution is -2.53. The smallest absolute Gasteiger partial charge is 0.319 e. The predicted octanol–water partition coefficient (Wildman–Crippen LogP) is 4.17. The van der Waals surface area contributed by atoms with Gasteiger partial charge in [0.25, 0.3) is 0 Å². The molecule has 1 heterocycles. The van der Waals surface area contributed by atoms with Crippen LogP contribution in [0.2, 0.25) is 0 Å². The molecule has 4 amide bonds. The van der Waals surface area contributed by atoms with Crippen molar-refractivity contribution in [3.05, 3.63) is 89.5 Å². The molecular formula is C30H34N5O5S-. The highest BCUT2D eigenvalue weighted by Gasteiger charge is 2.37. The van der Waals surface area contributed by atoms with E-state index in [0.29, 0.717) is 17.1 Å². The predicted molar refractivity (Wildman–Crippen MR) is 159 cm³/mol. The van der Waals surface area contributed by atoms with E-state index in [1.165, 1.54) is 4.90 Å². The average Bonchev–Trinajstić information content (AvgIpc) is 2.99. The van der Waals surface area contributed by atoms with E-state index < -0.39 is 40.7 Å². The number of anilines is 3. The highest BCUT2D eigenvalue weighted by atomic mass is 32.2. The number of carbonyl (C=O) groups excluding carboxylic acids is 3. The van der Waals surface area contributed by atoms with Crippen LogP contribution in [0.4, 0.5) is 21.9 Å². The Bertz CT molecular complexity index is 1450. The van der Waals surface area contributed by atoms with E-state index in [1.54, 1.807) is 42.5 Å². The molecule has 3 unspecified atom stereocenters. The van der Waals surface area contributed by atoms with Crippen molar-refractivity contribution in [3.8, 4) is 0 Å². The van der Waals surface area contributed by atoms with Crippen LogP contribution in [0.5, 0.6) is 0 Å². The zero-order valence-electron chi connectivity index (χ0n) is 23.4. The summed E-state index contributed by atoms with van der Waals surface area (Å²) in [6.45, 7) is 7.27. The molecule has 3 aromatic rings. The third-order valence-corrected chi connectivity index (χ3v) is 6.96.